The van der Waals surface area contributed by atoms with Gasteiger partial charge in [-0.3, -0.25) is 9.36 Å². The Morgan fingerprint density at radius 2 is 2.03 bits per heavy atom. The van der Waals surface area contributed by atoms with E-state index in [-0.39, 0.29) is 30.3 Å². The van der Waals surface area contributed by atoms with Crippen molar-refractivity contribution in [3.05, 3.63) is 35.9 Å². The zero-order chi connectivity index (χ0) is 23.4. The molecule has 1 aromatic carbocycles. The minimum atomic E-state index is -0.391. The number of fused-ring (bicyclic) bond motifs is 2. The molecule has 2 aromatic rings. The number of halogens is 1. The Morgan fingerprint density at radius 1 is 1.24 bits per heavy atom. The van der Waals surface area contributed by atoms with Gasteiger partial charge in [0.05, 0.1) is 5.75 Å². The first-order valence-corrected chi connectivity index (χ1v) is 13.2. The van der Waals surface area contributed by atoms with Crippen LogP contribution in [0.4, 0.5) is 4.39 Å². The number of para-hydroxylation sites is 1. The Kier molecular flexibility index (Phi) is 7.94. The van der Waals surface area contributed by atoms with E-state index < -0.39 is 5.82 Å². The molecule has 0 radical (unpaired) electrons. The van der Waals surface area contributed by atoms with Gasteiger partial charge in [0.2, 0.25) is 5.91 Å². The smallest absolute Gasteiger partial charge is 0.230 e. The van der Waals surface area contributed by atoms with Gasteiger partial charge in [0, 0.05) is 12.1 Å². The van der Waals surface area contributed by atoms with Crippen LogP contribution in [0.1, 0.15) is 71.2 Å². The van der Waals surface area contributed by atoms with E-state index in [2.05, 4.69) is 40.9 Å². The van der Waals surface area contributed by atoms with Crippen molar-refractivity contribution < 1.29 is 13.9 Å². The number of rotatable bonds is 11. The number of thioether (sulfide) groups is 1. The number of carbonyl (C=O) groups excluding carboxylic acids is 1. The number of hydrogen-bond acceptors (Lipinski definition) is 5. The van der Waals surface area contributed by atoms with Crippen molar-refractivity contribution in [2.75, 3.05) is 5.75 Å². The molecule has 1 heterocycles. The number of carbonyl (C=O) groups is 1. The molecule has 180 valence electrons. The van der Waals surface area contributed by atoms with Crippen LogP contribution in [-0.4, -0.2) is 32.5 Å². The molecule has 1 aromatic heterocycles. The fourth-order valence-electron chi connectivity index (χ4n) is 5.59. The lowest BCUT2D eigenvalue weighted by Gasteiger charge is -2.30. The van der Waals surface area contributed by atoms with Gasteiger partial charge in [-0.2, -0.15) is 0 Å². The van der Waals surface area contributed by atoms with Crippen LogP contribution in [0.2, 0.25) is 0 Å². The molecule has 4 unspecified atom stereocenters. The number of ether oxygens (including phenoxy) is 1. The van der Waals surface area contributed by atoms with E-state index in [0.29, 0.717) is 17.5 Å². The average Bonchev–Trinajstić information content (AvgIpc) is 3.56. The van der Waals surface area contributed by atoms with Crippen LogP contribution >= 0.6 is 11.8 Å². The summed E-state index contributed by atoms with van der Waals surface area (Å²) in [5.41, 5.74) is 0. The fourth-order valence-corrected chi connectivity index (χ4v) is 6.44. The molecule has 1 N–H and O–H groups in total. The molecule has 8 heteroatoms. The van der Waals surface area contributed by atoms with Crippen LogP contribution < -0.4 is 10.1 Å². The third-order valence-electron chi connectivity index (χ3n) is 7.43. The van der Waals surface area contributed by atoms with E-state index in [4.69, 9.17) is 4.74 Å². The monoisotopic (exact) mass is 474 g/mol. The number of benzene rings is 1. The molecule has 2 bridgehead atoms. The van der Waals surface area contributed by atoms with Crippen LogP contribution in [0, 0.1) is 23.6 Å². The van der Waals surface area contributed by atoms with E-state index in [1.165, 1.54) is 43.5 Å². The second-order valence-corrected chi connectivity index (χ2v) is 10.4. The number of aromatic nitrogens is 3. The number of nitrogens with one attached hydrogen (secondary N) is 1. The van der Waals surface area contributed by atoms with Crippen molar-refractivity contribution in [3.63, 3.8) is 0 Å². The van der Waals surface area contributed by atoms with Crippen molar-refractivity contribution in [2.45, 2.75) is 83.1 Å². The largest absolute Gasteiger partial charge is 0.483 e. The summed E-state index contributed by atoms with van der Waals surface area (Å²) in [6.07, 6.45) is 7.03. The molecule has 2 saturated carbocycles. The molecule has 2 aliphatic carbocycles. The fraction of sp³-hybridized carbons (Fsp3) is 0.640. The van der Waals surface area contributed by atoms with Crippen LogP contribution in [0.3, 0.4) is 0 Å². The molecule has 33 heavy (non-hydrogen) atoms. The zero-order valence-corrected chi connectivity index (χ0v) is 20.6. The Balaban J connectivity index is 1.50. The van der Waals surface area contributed by atoms with Crippen molar-refractivity contribution in [1.29, 1.82) is 0 Å². The first-order valence-electron chi connectivity index (χ1n) is 12.2. The van der Waals surface area contributed by atoms with Crippen LogP contribution in [0.25, 0.3) is 0 Å². The van der Waals surface area contributed by atoms with E-state index in [0.717, 1.165) is 29.8 Å². The number of nitrogens with zero attached hydrogens (tertiary/aromatic N) is 3. The lowest BCUT2D eigenvalue weighted by molar-refractivity contribution is -0.119. The summed E-state index contributed by atoms with van der Waals surface area (Å²) < 4.78 is 22.0. The first-order chi connectivity index (χ1) is 16.0. The minimum absolute atomic E-state index is 0.0139. The summed E-state index contributed by atoms with van der Waals surface area (Å²) in [6.45, 7) is 6.53. The molecule has 0 saturated heterocycles. The third-order valence-corrected chi connectivity index (χ3v) is 8.37. The van der Waals surface area contributed by atoms with Gasteiger partial charge in [-0.25, -0.2) is 4.39 Å². The van der Waals surface area contributed by atoms with E-state index in [1.807, 2.05) is 0 Å². The van der Waals surface area contributed by atoms with Gasteiger partial charge in [-0.15, -0.1) is 10.2 Å². The van der Waals surface area contributed by atoms with E-state index in [1.54, 1.807) is 18.2 Å². The summed E-state index contributed by atoms with van der Waals surface area (Å²) in [5, 5.41) is 12.6. The summed E-state index contributed by atoms with van der Waals surface area (Å²) in [5.74, 6) is 2.95. The second-order valence-electron chi connectivity index (χ2n) is 9.44. The van der Waals surface area contributed by atoms with Gasteiger partial charge in [0.15, 0.2) is 22.5 Å². The van der Waals surface area contributed by atoms with Crippen LogP contribution in [-0.2, 0) is 11.4 Å². The predicted molar refractivity (Wildman–Crippen MR) is 128 cm³/mol. The average molecular weight is 475 g/mol. The maximum absolute atomic E-state index is 14.1. The summed E-state index contributed by atoms with van der Waals surface area (Å²) in [6, 6.07) is 6.81. The van der Waals surface area contributed by atoms with Gasteiger partial charge in [-0.1, -0.05) is 44.2 Å². The van der Waals surface area contributed by atoms with Gasteiger partial charge in [0.25, 0.3) is 0 Å². The number of amides is 1. The standard InChI is InChI=1S/C25H35FN4O2S/c1-4-19(5-2)27-24(31)15-33-25-29-28-23(14-32-22-9-7-6-8-21(22)26)30(25)16(3)20-13-17-10-11-18(20)12-17/h6-9,16-20H,4-5,10-15H2,1-3H3,(H,27,31). The molecular weight excluding hydrogens is 439 g/mol. The third kappa shape index (κ3) is 5.53. The summed E-state index contributed by atoms with van der Waals surface area (Å²) in [4.78, 5) is 12.5. The van der Waals surface area contributed by atoms with Gasteiger partial charge < -0.3 is 10.1 Å². The predicted octanol–water partition coefficient (Wildman–Crippen LogP) is 5.39. The highest BCUT2D eigenvalue weighted by atomic mass is 32.2. The quantitative estimate of drug-likeness (QED) is 0.442. The molecule has 0 aliphatic heterocycles. The summed E-state index contributed by atoms with van der Waals surface area (Å²) >= 11 is 1.42. The molecule has 4 atom stereocenters. The molecule has 2 fully saturated rings. The van der Waals surface area contributed by atoms with Gasteiger partial charge in [-0.05, 0) is 68.9 Å². The first kappa shape index (κ1) is 24.0. The Bertz CT molecular complexity index is 948. The zero-order valence-electron chi connectivity index (χ0n) is 19.8. The van der Waals surface area contributed by atoms with Crippen LogP contribution in [0.5, 0.6) is 5.75 Å². The molecule has 4 rings (SSSR count). The lowest BCUT2D eigenvalue weighted by Crippen LogP contribution is -2.35. The molecule has 6 nitrogen and oxygen atoms in total. The molecule has 2 aliphatic rings. The Labute approximate surface area is 200 Å². The SMILES string of the molecule is CCC(CC)NC(=O)CSc1nnc(COc2ccccc2F)n1C(C)C1CC2CCC1C2. The maximum atomic E-state index is 14.1. The highest BCUT2D eigenvalue weighted by molar-refractivity contribution is 7.99. The van der Waals surface area contributed by atoms with Gasteiger partial charge in [0.1, 0.15) is 6.61 Å². The van der Waals surface area contributed by atoms with Gasteiger partial charge >= 0.3 is 0 Å². The Morgan fingerprint density at radius 3 is 2.70 bits per heavy atom. The van der Waals surface area contributed by atoms with Crippen LogP contribution in [0.15, 0.2) is 29.4 Å². The second kappa shape index (κ2) is 10.9. The van der Waals surface area contributed by atoms with E-state index >= 15 is 0 Å². The van der Waals surface area contributed by atoms with Crippen molar-refractivity contribution in [2.24, 2.45) is 17.8 Å². The normalized spacial score (nSPS) is 22.6. The van der Waals surface area contributed by atoms with Crippen molar-refractivity contribution in [1.82, 2.24) is 20.1 Å². The maximum Gasteiger partial charge on any atom is 0.230 e. The highest BCUT2D eigenvalue weighted by Gasteiger charge is 2.43. The topological polar surface area (TPSA) is 69.0 Å². The molecule has 1 amide bonds. The minimum Gasteiger partial charge on any atom is -0.483 e. The summed E-state index contributed by atoms with van der Waals surface area (Å²) in [7, 11) is 0. The lowest BCUT2D eigenvalue weighted by atomic mass is 9.84. The molecular formula is C25H35FN4O2S. The number of hydrogen-bond donors (Lipinski definition) is 1. The van der Waals surface area contributed by atoms with Crippen molar-refractivity contribution >= 4 is 17.7 Å². The molecule has 0 spiro atoms. The van der Waals surface area contributed by atoms with Crippen molar-refractivity contribution in [3.8, 4) is 5.75 Å². The Hall–Kier alpha value is -2.09. The van der Waals surface area contributed by atoms with E-state index in [9.17, 15) is 9.18 Å². The highest BCUT2D eigenvalue weighted by Crippen LogP contribution is 2.52.